The van der Waals surface area contributed by atoms with Crippen LogP contribution in [-0.4, -0.2) is 39.9 Å². The van der Waals surface area contributed by atoms with Crippen molar-refractivity contribution in [2.75, 3.05) is 13.2 Å². The minimum absolute atomic E-state index is 0.136. The number of carbonyl (C=O) groups is 2. The summed E-state index contributed by atoms with van der Waals surface area (Å²) in [6.45, 7) is 3.72. The fourth-order valence-corrected chi connectivity index (χ4v) is 3.11. The summed E-state index contributed by atoms with van der Waals surface area (Å²) >= 11 is 0. The Balaban J connectivity index is 1.88. The molecule has 1 amide bonds. The fourth-order valence-electron chi connectivity index (χ4n) is 3.11. The zero-order valence-electron chi connectivity index (χ0n) is 14.0. The number of aryl methyl sites for hydroxylation is 2. The third kappa shape index (κ3) is 3.83. The third-order valence-electron chi connectivity index (χ3n) is 4.68. The molecule has 2 N–H and O–H groups in total. The van der Waals surface area contributed by atoms with Gasteiger partial charge in [-0.05, 0) is 26.7 Å². The Morgan fingerprint density at radius 3 is 2.48 bits per heavy atom. The highest BCUT2D eigenvalue weighted by Gasteiger charge is 2.39. The molecule has 7 heteroatoms. The van der Waals surface area contributed by atoms with Gasteiger partial charge in [0.1, 0.15) is 5.69 Å². The SMILES string of the molecule is Cc1nn(C)c(C)c1OCC(=O)NCC1(C(=O)O)CCCCC1. The molecule has 0 radical (unpaired) electrons. The molecule has 1 aliphatic carbocycles. The Kier molecular flexibility index (Phi) is 5.28. The van der Waals surface area contributed by atoms with Crippen molar-refractivity contribution in [1.29, 1.82) is 0 Å². The summed E-state index contributed by atoms with van der Waals surface area (Å²) in [4.78, 5) is 23.6. The number of ether oxygens (including phenoxy) is 1. The average molecular weight is 323 g/mol. The average Bonchev–Trinajstić information content (AvgIpc) is 2.77. The van der Waals surface area contributed by atoms with Crippen LogP contribution >= 0.6 is 0 Å². The van der Waals surface area contributed by atoms with Gasteiger partial charge in [0.15, 0.2) is 12.4 Å². The van der Waals surface area contributed by atoms with Crippen LogP contribution in [0.2, 0.25) is 0 Å². The highest BCUT2D eigenvalue weighted by atomic mass is 16.5. The topological polar surface area (TPSA) is 93.5 Å². The predicted molar refractivity (Wildman–Crippen MR) is 84.3 cm³/mol. The molecule has 128 valence electrons. The van der Waals surface area contributed by atoms with Crippen molar-refractivity contribution < 1.29 is 19.4 Å². The van der Waals surface area contributed by atoms with Crippen molar-refractivity contribution in [2.24, 2.45) is 12.5 Å². The molecule has 7 nitrogen and oxygen atoms in total. The smallest absolute Gasteiger partial charge is 0.311 e. The minimum Gasteiger partial charge on any atom is -0.481 e. The van der Waals surface area contributed by atoms with Crippen LogP contribution in [0.15, 0.2) is 0 Å². The van der Waals surface area contributed by atoms with Crippen LogP contribution < -0.4 is 10.1 Å². The standard InChI is InChI=1S/C16H25N3O4/c1-11-14(12(2)19(3)18-11)23-9-13(20)17-10-16(15(21)22)7-5-4-6-8-16/h4-10H2,1-3H3,(H,17,20)(H,21,22). The molecule has 1 fully saturated rings. The normalized spacial score (nSPS) is 16.8. The number of hydrogen-bond donors (Lipinski definition) is 2. The molecule has 0 aromatic carbocycles. The Morgan fingerprint density at radius 2 is 1.96 bits per heavy atom. The first-order chi connectivity index (χ1) is 10.9. The maximum Gasteiger partial charge on any atom is 0.311 e. The van der Waals surface area contributed by atoms with Crippen molar-refractivity contribution in [3.05, 3.63) is 11.4 Å². The van der Waals surface area contributed by atoms with Gasteiger partial charge in [-0.2, -0.15) is 5.10 Å². The number of nitrogens with one attached hydrogen (secondary N) is 1. The van der Waals surface area contributed by atoms with E-state index in [-0.39, 0.29) is 19.1 Å². The van der Waals surface area contributed by atoms with Crippen molar-refractivity contribution in [3.63, 3.8) is 0 Å². The van der Waals surface area contributed by atoms with E-state index in [1.165, 1.54) is 0 Å². The zero-order valence-corrected chi connectivity index (χ0v) is 14.0. The zero-order chi connectivity index (χ0) is 17.0. The van der Waals surface area contributed by atoms with Gasteiger partial charge in [0.2, 0.25) is 0 Å². The summed E-state index contributed by atoms with van der Waals surface area (Å²) in [7, 11) is 1.81. The lowest BCUT2D eigenvalue weighted by molar-refractivity contribution is -0.151. The fraction of sp³-hybridized carbons (Fsp3) is 0.688. The lowest BCUT2D eigenvalue weighted by atomic mass is 9.74. The molecule has 23 heavy (non-hydrogen) atoms. The maximum absolute atomic E-state index is 12.0. The minimum atomic E-state index is -0.825. The van der Waals surface area contributed by atoms with Crippen LogP contribution in [-0.2, 0) is 16.6 Å². The second-order valence-electron chi connectivity index (χ2n) is 6.34. The number of carbonyl (C=O) groups excluding carboxylic acids is 1. The highest BCUT2D eigenvalue weighted by Crippen LogP contribution is 2.36. The lowest BCUT2D eigenvalue weighted by Gasteiger charge is -2.33. The molecule has 0 atom stereocenters. The molecule has 1 aromatic rings. The number of amides is 1. The number of carboxylic acid groups (broad SMARTS) is 1. The van der Waals surface area contributed by atoms with E-state index in [4.69, 9.17) is 4.74 Å². The van der Waals surface area contributed by atoms with E-state index in [0.29, 0.717) is 18.6 Å². The largest absolute Gasteiger partial charge is 0.481 e. The summed E-state index contributed by atoms with van der Waals surface area (Å²) in [5, 5.41) is 16.4. The van der Waals surface area contributed by atoms with Crippen LogP contribution in [0.3, 0.4) is 0 Å². The van der Waals surface area contributed by atoms with Gasteiger partial charge < -0.3 is 15.2 Å². The Bertz CT molecular complexity index is 588. The molecule has 2 rings (SSSR count). The number of hydrogen-bond acceptors (Lipinski definition) is 4. The molecule has 0 spiro atoms. The summed E-state index contributed by atoms with van der Waals surface area (Å²) in [6, 6.07) is 0. The van der Waals surface area contributed by atoms with Gasteiger partial charge in [-0.25, -0.2) is 0 Å². The molecule has 1 heterocycles. The van der Waals surface area contributed by atoms with Crippen molar-refractivity contribution in [3.8, 4) is 5.75 Å². The van der Waals surface area contributed by atoms with E-state index in [0.717, 1.165) is 30.7 Å². The highest BCUT2D eigenvalue weighted by molar-refractivity contribution is 5.80. The van der Waals surface area contributed by atoms with Crippen LogP contribution in [0.4, 0.5) is 0 Å². The molecule has 0 saturated heterocycles. The number of rotatable bonds is 6. The monoisotopic (exact) mass is 323 g/mol. The first-order valence-corrected chi connectivity index (χ1v) is 7.99. The molecule has 1 aromatic heterocycles. The third-order valence-corrected chi connectivity index (χ3v) is 4.68. The van der Waals surface area contributed by atoms with Gasteiger partial charge in [-0.1, -0.05) is 19.3 Å². The second-order valence-corrected chi connectivity index (χ2v) is 6.34. The van der Waals surface area contributed by atoms with Crippen molar-refractivity contribution in [2.45, 2.75) is 46.0 Å². The number of nitrogens with zero attached hydrogens (tertiary/aromatic N) is 2. The van der Waals surface area contributed by atoms with Crippen molar-refractivity contribution >= 4 is 11.9 Å². The first kappa shape index (κ1) is 17.3. The molecular formula is C16H25N3O4. The molecule has 0 aliphatic heterocycles. The first-order valence-electron chi connectivity index (χ1n) is 7.99. The second kappa shape index (κ2) is 7.02. The van der Waals surface area contributed by atoms with Gasteiger partial charge in [0, 0.05) is 13.6 Å². The van der Waals surface area contributed by atoms with E-state index in [1.54, 1.807) is 4.68 Å². The molecular weight excluding hydrogens is 298 g/mol. The van der Waals surface area contributed by atoms with Crippen LogP contribution in [0.25, 0.3) is 0 Å². The Labute approximate surface area is 136 Å². The van der Waals surface area contributed by atoms with E-state index in [2.05, 4.69) is 10.4 Å². The van der Waals surface area contributed by atoms with E-state index < -0.39 is 11.4 Å². The lowest BCUT2D eigenvalue weighted by Crippen LogP contribution is -2.45. The number of aliphatic carboxylic acids is 1. The van der Waals surface area contributed by atoms with Gasteiger partial charge >= 0.3 is 5.97 Å². The molecule has 1 aliphatic rings. The van der Waals surface area contributed by atoms with Crippen LogP contribution in [0.1, 0.15) is 43.5 Å². The van der Waals surface area contributed by atoms with Crippen molar-refractivity contribution in [1.82, 2.24) is 15.1 Å². The number of aromatic nitrogens is 2. The van der Waals surface area contributed by atoms with E-state index >= 15 is 0 Å². The molecule has 0 unspecified atom stereocenters. The molecule has 1 saturated carbocycles. The quantitative estimate of drug-likeness (QED) is 0.829. The summed E-state index contributed by atoms with van der Waals surface area (Å²) in [6.07, 6.45) is 4.08. The summed E-state index contributed by atoms with van der Waals surface area (Å²) < 4.78 is 7.24. The van der Waals surface area contributed by atoms with Gasteiger partial charge in [-0.3, -0.25) is 14.3 Å². The predicted octanol–water partition coefficient (Wildman–Crippen LogP) is 1.57. The molecule has 0 bridgehead atoms. The van der Waals surface area contributed by atoms with Gasteiger partial charge in [-0.15, -0.1) is 0 Å². The Morgan fingerprint density at radius 1 is 1.30 bits per heavy atom. The number of carboxylic acids is 1. The van der Waals surface area contributed by atoms with Crippen LogP contribution in [0.5, 0.6) is 5.75 Å². The van der Waals surface area contributed by atoms with E-state index in [1.807, 2.05) is 20.9 Å². The van der Waals surface area contributed by atoms with Gasteiger partial charge in [0.25, 0.3) is 5.91 Å². The van der Waals surface area contributed by atoms with Crippen LogP contribution in [0, 0.1) is 19.3 Å². The Hall–Kier alpha value is -2.05. The van der Waals surface area contributed by atoms with E-state index in [9.17, 15) is 14.7 Å². The summed E-state index contributed by atoms with van der Waals surface area (Å²) in [5.74, 6) is -0.524. The maximum atomic E-state index is 12.0. The van der Waals surface area contributed by atoms with Gasteiger partial charge in [0.05, 0.1) is 11.1 Å². The summed E-state index contributed by atoms with van der Waals surface area (Å²) in [5.41, 5.74) is 0.755.